The summed E-state index contributed by atoms with van der Waals surface area (Å²) in [4.78, 5) is 11.6. The van der Waals surface area contributed by atoms with E-state index in [1.54, 1.807) is 0 Å². The summed E-state index contributed by atoms with van der Waals surface area (Å²) >= 11 is 0. The second kappa shape index (κ2) is 5.50. The predicted molar refractivity (Wildman–Crippen MR) is 70.4 cm³/mol. The zero-order valence-electron chi connectivity index (χ0n) is 10.7. The molecule has 11 heteroatoms. The lowest BCUT2D eigenvalue weighted by molar-refractivity contribution is -0.184. The number of halogens is 3. The quantitative estimate of drug-likeness (QED) is 0.643. The number of amides is 1. The highest BCUT2D eigenvalue weighted by atomic mass is 32.2. The van der Waals surface area contributed by atoms with Crippen molar-refractivity contribution >= 4 is 27.5 Å². The molecule has 0 spiro atoms. The van der Waals surface area contributed by atoms with Crippen LogP contribution in [0.4, 0.5) is 24.5 Å². The van der Waals surface area contributed by atoms with E-state index >= 15 is 0 Å². The predicted octanol–water partition coefficient (Wildman–Crippen LogP) is 0.520. The number of benzene rings is 1. The molecule has 1 amide bonds. The minimum absolute atomic E-state index is 0.0268. The van der Waals surface area contributed by atoms with E-state index in [9.17, 15) is 26.4 Å². The van der Waals surface area contributed by atoms with Crippen molar-refractivity contribution in [1.82, 2.24) is 0 Å². The Bertz CT molecular complexity index is 643. The number of nitrogens with two attached hydrogens (primary N) is 2. The largest absolute Gasteiger partial charge is 0.415 e. The third-order valence-electron chi connectivity index (χ3n) is 2.44. The lowest BCUT2D eigenvalue weighted by Gasteiger charge is -2.26. The van der Waals surface area contributed by atoms with Gasteiger partial charge >= 0.3 is 6.18 Å². The molecule has 0 aliphatic heterocycles. The van der Waals surface area contributed by atoms with Gasteiger partial charge < -0.3 is 11.1 Å². The molecular weight excluding hydrogens is 313 g/mol. The van der Waals surface area contributed by atoms with Crippen LogP contribution < -0.4 is 20.9 Å². The van der Waals surface area contributed by atoms with Gasteiger partial charge in [-0.3, -0.25) is 9.52 Å². The maximum atomic E-state index is 12.6. The average Bonchev–Trinajstić information content (AvgIpc) is 2.25. The molecule has 0 aliphatic rings. The third kappa shape index (κ3) is 4.58. The number of hydrogen-bond donors (Lipinski definition) is 4. The zero-order chi connectivity index (χ0) is 16.5. The van der Waals surface area contributed by atoms with Gasteiger partial charge in [0.2, 0.25) is 0 Å². The summed E-state index contributed by atoms with van der Waals surface area (Å²) in [6.45, 7) is 0.523. The van der Waals surface area contributed by atoms with Crippen LogP contribution in [0.2, 0.25) is 0 Å². The first-order valence-corrected chi connectivity index (χ1v) is 6.95. The molecule has 0 saturated heterocycles. The van der Waals surface area contributed by atoms with E-state index < -0.39 is 27.8 Å². The maximum Gasteiger partial charge on any atom is 0.415 e. The highest BCUT2D eigenvalue weighted by Gasteiger charge is 2.53. The summed E-state index contributed by atoms with van der Waals surface area (Å²) in [6.07, 6.45) is -4.94. The van der Waals surface area contributed by atoms with Gasteiger partial charge in [-0.2, -0.15) is 21.6 Å². The molecule has 1 rings (SSSR count). The van der Waals surface area contributed by atoms with Gasteiger partial charge in [-0.1, -0.05) is 6.07 Å². The molecular formula is C10H13F3N4O3S. The molecule has 1 unspecified atom stereocenters. The molecule has 0 aromatic heterocycles. The van der Waals surface area contributed by atoms with Gasteiger partial charge in [0.1, 0.15) is 0 Å². The Morgan fingerprint density at radius 3 is 2.24 bits per heavy atom. The van der Waals surface area contributed by atoms with Crippen molar-refractivity contribution in [3.63, 3.8) is 0 Å². The van der Waals surface area contributed by atoms with Gasteiger partial charge in [-0.25, -0.2) is 5.14 Å². The molecule has 0 bridgehead atoms. The summed E-state index contributed by atoms with van der Waals surface area (Å²) in [5, 5.41) is 6.71. The smallest absolute Gasteiger partial charge is 0.324 e. The second-order valence-corrected chi connectivity index (χ2v) is 5.68. The Morgan fingerprint density at radius 1 is 1.24 bits per heavy atom. The van der Waals surface area contributed by atoms with Gasteiger partial charge in [0.15, 0.2) is 5.54 Å². The highest BCUT2D eigenvalue weighted by molar-refractivity contribution is 7.90. The van der Waals surface area contributed by atoms with Crippen molar-refractivity contribution in [3.05, 3.63) is 24.3 Å². The van der Waals surface area contributed by atoms with E-state index in [0.29, 0.717) is 6.92 Å². The third-order valence-corrected chi connectivity index (χ3v) is 2.96. The van der Waals surface area contributed by atoms with Crippen LogP contribution in [0.5, 0.6) is 0 Å². The Kier molecular flexibility index (Phi) is 4.51. The minimum atomic E-state index is -4.94. The van der Waals surface area contributed by atoms with Gasteiger partial charge in [0, 0.05) is 5.69 Å². The van der Waals surface area contributed by atoms with Crippen molar-refractivity contribution < 1.29 is 26.4 Å². The van der Waals surface area contributed by atoms with Crippen molar-refractivity contribution in [3.8, 4) is 0 Å². The van der Waals surface area contributed by atoms with Crippen LogP contribution in [0.25, 0.3) is 0 Å². The normalized spacial score (nSPS) is 15.1. The fraction of sp³-hybridized carbons (Fsp3) is 0.300. The fourth-order valence-electron chi connectivity index (χ4n) is 1.21. The van der Waals surface area contributed by atoms with Gasteiger partial charge in [0.25, 0.3) is 16.1 Å². The molecule has 1 atom stereocenters. The van der Waals surface area contributed by atoms with Crippen LogP contribution in [-0.2, 0) is 15.0 Å². The fourth-order valence-corrected chi connectivity index (χ4v) is 1.67. The first kappa shape index (κ1) is 17.2. The van der Waals surface area contributed by atoms with Gasteiger partial charge in [-0.15, -0.1) is 0 Å². The lowest BCUT2D eigenvalue weighted by Crippen LogP contribution is -2.59. The van der Waals surface area contributed by atoms with E-state index in [4.69, 9.17) is 10.9 Å². The molecule has 1 aromatic carbocycles. The van der Waals surface area contributed by atoms with Crippen LogP contribution in [0.1, 0.15) is 6.92 Å². The molecule has 0 aliphatic carbocycles. The van der Waals surface area contributed by atoms with Crippen molar-refractivity contribution in [2.24, 2.45) is 10.9 Å². The van der Waals surface area contributed by atoms with E-state index in [0.717, 1.165) is 6.07 Å². The summed E-state index contributed by atoms with van der Waals surface area (Å²) in [7, 11) is -4.04. The van der Waals surface area contributed by atoms with E-state index in [2.05, 4.69) is 0 Å². The molecule has 6 N–H and O–H groups in total. The van der Waals surface area contributed by atoms with Crippen molar-refractivity contribution in [2.45, 2.75) is 18.6 Å². The number of rotatable bonds is 4. The summed E-state index contributed by atoms with van der Waals surface area (Å²) in [5.41, 5.74) is 1.77. The van der Waals surface area contributed by atoms with Crippen LogP contribution in [0.3, 0.4) is 0 Å². The Morgan fingerprint density at radius 2 is 1.76 bits per heavy atom. The van der Waals surface area contributed by atoms with E-state index in [-0.39, 0.29) is 11.4 Å². The number of nitrogens with one attached hydrogen (secondary N) is 2. The Labute approximate surface area is 118 Å². The van der Waals surface area contributed by atoms with Crippen LogP contribution in [-0.4, -0.2) is 26.0 Å². The van der Waals surface area contributed by atoms with Gasteiger partial charge in [-0.05, 0) is 25.1 Å². The van der Waals surface area contributed by atoms with Crippen molar-refractivity contribution in [1.29, 1.82) is 0 Å². The molecule has 0 heterocycles. The number of carbonyl (C=O) groups is 1. The SMILES string of the molecule is CC(N)(C(=O)Nc1cccc(NS(N)(=O)=O)c1)C(F)(F)F. The van der Waals surface area contributed by atoms with E-state index in [1.165, 1.54) is 18.2 Å². The topological polar surface area (TPSA) is 127 Å². The van der Waals surface area contributed by atoms with Crippen LogP contribution in [0, 0.1) is 0 Å². The Hall–Kier alpha value is -1.85. The average molecular weight is 326 g/mol. The van der Waals surface area contributed by atoms with E-state index in [1.807, 2.05) is 10.0 Å². The van der Waals surface area contributed by atoms with Crippen molar-refractivity contribution in [2.75, 3.05) is 10.0 Å². The maximum absolute atomic E-state index is 12.6. The molecule has 118 valence electrons. The summed E-state index contributed by atoms with van der Waals surface area (Å²) in [5.74, 6) is -1.48. The molecule has 1 aromatic rings. The van der Waals surface area contributed by atoms with Gasteiger partial charge in [0.05, 0.1) is 5.69 Å². The first-order valence-electron chi connectivity index (χ1n) is 5.40. The Balaban J connectivity index is 2.95. The summed E-state index contributed by atoms with van der Waals surface area (Å²) < 4.78 is 61.4. The monoisotopic (exact) mass is 326 g/mol. The number of alkyl halides is 3. The zero-order valence-corrected chi connectivity index (χ0v) is 11.5. The van der Waals surface area contributed by atoms with Crippen LogP contribution in [0.15, 0.2) is 24.3 Å². The first-order chi connectivity index (χ1) is 9.33. The molecule has 7 nitrogen and oxygen atoms in total. The lowest BCUT2D eigenvalue weighted by atomic mass is 10.0. The molecule has 21 heavy (non-hydrogen) atoms. The molecule has 0 saturated carbocycles. The molecule has 0 fully saturated rings. The number of hydrogen-bond acceptors (Lipinski definition) is 4. The minimum Gasteiger partial charge on any atom is -0.324 e. The number of carbonyl (C=O) groups excluding carboxylic acids is 1. The second-order valence-electron chi connectivity index (χ2n) is 4.38. The highest BCUT2D eigenvalue weighted by Crippen LogP contribution is 2.29. The number of anilines is 2. The standard InChI is InChI=1S/C10H13F3N4O3S/c1-9(14,10(11,12)13)8(18)16-6-3-2-4-7(5-6)17-21(15,19)20/h2-5,17H,14H2,1H3,(H,16,18)(H2,15,19,20). The summed E-state index contributed by atoms with van der Waals surface area (Å²) in [6, 6.07) is 4.96. The van der Waals surface area contributed by atoms with Crippen LogP contribution >= 0.6 is 0 Å². The molecule has 0 radical (unpaired) electrons.